The summed E-state index contributed by atoms with van der Waals surface area (Å²) >= 11 is 4.31. The molecular formula is C13H9IS. The van der Waals surface area contributed by atoms with Crippen LogP contribution in [0.15, 0.2) is 36.4 Å². The summed E-state index contributed by atoms with van der Waals surface area (Å²) in [6.45, 7) is 2.15. The van der Waals surface area contributed by atoms with Gasteiger partial charge in [-0.3, -0.25) is 0 Å². The van der Waals surface area contributed by atoms with Gasteiger partial charge in [-0.2, -0.15) is 0 Å². The molecule has 3 rings (SSSR count). The Bertz CT molecular complexity index is 652. The van der Waals surface area contributed by atoms with Crippen molar-refractivity contribution >= 4 is 54.1 Å². The molecule has 0 spiro atoms. The molecule has 0 radical (unpaired) electrons. The number of halogens is 1. The van der Waals surface area contributed by atoms with Crippen molar-refractivity contribution in [3.8, 4) is 0 Å². The highest BCUT2D eigenvalue weighted by Crippen LogP contribution is 2.36. The van der Waals surface area contributed by atoms with E-state index in [1.165, 1.54) is 29.3 Å². The Morgan fingerprint density at radius 3 is 2.80 bits per heavy atom. The lowest BCUT2D eigenvalue weighted by molar-refractivity contribution is 1.52. The Labute approximate surface area is 106 Å². The molecule has 2 aromatic carbocycles. The van der Waals surface area contributed by atoms with E-state index in [0.717, 1.165) is 0 Å². The fraction of sp³-hybridized carbons (Fsp3) is 0.0769. The number of hydrogen-bond donors (Lipinski definition) is 0. The normalized spacial score (nSPS) is 11.3. The van der Waals surface area contributed by atoms with E-state index in [0.29, 0.717) is 0 Å². The van der Waals surface area contributed by atoms with Crippen molar-refractivity contribution < 1.29 is 0 Å². The molecule has 0 nitrogen and oxygen atoms in total. The summed E-state index contributed by atoms with van der Waals surface area (Å²) < 4.78 is 4.16. The fourth-order valence-electron chi connectivity index (χ4n) is 1.87. The summed E-state index contributed by atoms with van der Waals surface area (Å²) in [4.78, 5) is 0. The van der Waals surface area contributed by atoms with Crippen LogP contribution in [0.5, 0.6) is 0 Å². The van der Waals surface area contributed by atoms with Crippen molar-refractivity contribution in [2.45, 2.75) is 6.92 Å². The lowest BCUT2D eigenvalue weighted by Gasteiger charge is -1.93. The molecule has 0 amide bonds. The minimum atomic E-state index is 1.34. The van der Waals surface area contributed by atoms with Crippen LogP contribution < -0.4 is 0 Å². The van der Waals surface area contributed by atoms with Crippen LogP contribution in [0.4, 0.5) is 0 Å². The quantitative estimate of drug-likeness (QED) is 0.512. The lowest BCUT2D eigenvalue weighted by Crippen LogP contribution is -1.71. The molecule has 0 unspecified atom stereocenters. The second kappa shape index (κ2) is 3.46. The summed E-state index contributed by atoms with van der Waals surface area (Å²) in [6.07, 6.45) is 0. The van der Waals surface area contributed by atoms with Crippen LogP contribution >= 0.6 is 33.9 Å². The summed E-state index contributed by atoms with van der Waals surface area (Å²) in [5.41, 5.74) is 1.34. The van der Waals surface area contributed by atoms with Gasteiger partial charge in [0.15, 0.2) is 0 Å². The minimum Gasteiger partial charge on any atom is -0.134 e. The number of hydrogen-bond acceptors (Lipinski definition) is 1. The molecule has 0 bridgehead atoms. The SMILES string of the molecule is Cc1ccc2c(c1)sc1c(I)cccc12. The van der Waals surface area contributed by atoms with Gasteiger partial charge < -0.3 is 0 Å². The third kappa shape index (κ3) is 1.47. The van der Waals surface area contributed by atoms with Gasteiger partial charge in [0, 0.05) is 23.7 Å². The Morgan fingerprint density at radius 2 is 1.93 bits per heavy atom. The van der Waals surface area contributed by atoms with Crippen molar-refractivity contribution in [2.75, 3.05) is 0 Å². The molecule has 0 aliphatic carbocycles. The molecule has 1 aromatic heterocycles. The van der Waals surface area contributed by atoms with Gasteiger partial charge in [-0.05, 0) is 47.2 Å². The van der Waals surface area contributed by atoms with Crippen LogP contribution in [-0.2, 0) is 0 Å². The minimum absolute atomic E-state index is 1.34. The lowest BCUT2D eigenvalue weighted by atomic mass is 10.1. The Balaban J connectivity index is 2.57. The first kappa shape index (κ1) is 9.60. The van der Waals surface area contributed by atoms with Crippen molar-refractivity contribution in [1.29, 1.82) is 0 Å². The Kier molecular flexibility index (Phi) is 2.21. The molecule has 0 atom stereocenters. The van der Waals surface area contributed by atoms with Crippen molar-refractivity contribution in [1.82, 2.24) is 0 Å². The van der Waals surface area contributed by atoms with Crippen LogP contribution in [0, 0.1) is 10.5 Å². The second-order valence-corrected chi connectivity index (χ2v) is 5.93. The topological polar surface area (TPSA) is 0 Å². The summed E-state index contributed by atoms with van der Waals surface area (Å²) in [6, 6.07) is 13.2. The maximum absolute atomic E-state index is 2.41. The Hall–Kier alpha value is -0.610. The van der Waals surface area contributed by atoms with Gasteiger partial charge in [-0.15, -0.1) is 11.3 Å². The fourth-order valence-corrected chi connectivity index (χ4v) is 3.91. The zero-order valence-corrected chi connectivity index (χ0v) is 11.2. The number of rotatable bonds is 0. The predicted octanol–water partition coefficient (Wildman–Crippen LogP) is 4.97. The van der Waals surface area contributed by atoms with E-state index in [2.05, 4.69) is 65.9 Å². The maximum Gasteiger partial charge on any atom is 0.0488 e. The first-order valence-corrected chi connectivity index (χ1v) is 6.72. The first-order valence-electron chi connectivity index (χ1n) is 4.83. The molecule has 3 aromatic rings. The van der Waals surface area contributed by atoms with Crippen LogP contribution in [0.1, 0.15) is 5.56 Å². The molecule has 0 fully saturated rings. The highest BCUT2D eigenvalue weighted by atomic mass is 127. The number of aryl methyl sites for hydroxylation is 1. The van der Waals surface area contributed by atoms with Crippen molar-refractivity contribution in [3.05, 3.63) is 45.5 Å². The molecule has 0 N–H and O–H groups in total. The second-order valence-electron chi connectivity index (χ2n) is 3.72. The largest absolute Gasteiger partial charge is 0.134 e. The van der Waals surface area contributed by atoms with Crippen molar-refractivity contribution in [3.63, 3.8) is 0 Å². The van der Waals surface area contributed by atoms with E-state index in [4.69, 9.17) is 0 Å². The molecule has 0 aliphatic heterocycles. The molecule has 1 heterocycles. The molecule has 0 saturated heterocycles. The van der Waals surface area contributed by atoms with Gasteiger partial charge in [0.25, 0.3) is 0 Å². The monoisotopic (exact) mass is 324 g/mol. The molecule has 2 heteroatoms. The average Bonchev–Trinajstić information content (AvgIpc) is 2.57. The number of fused-ring (bicyclic) bond motifs is 3. The van der Waals surface area contributed by atoms with E-state index in [9.17, 15) is 0 Å². The van der Waals surface area contributed by atoms with E-state index in [1.807, 2.05) is 11.3 Å². The van der Waals surface area contributed by atoms with Crippen LogP contribution in [0.25, 0.3) is 20.2 Å². The highest BCUT2D eigenvalue weighted by molar-refractivity contribution is 14.1. The van der Waals surface area contributed by atoms with Gasteiger partial charge in [0.05, 0.1) is 0 Å². The molecule has 74 valence electrons. The van der Waals surface area contributed by atoms with Crippen molar-refractivity contribution in [2.24, 2.45) is 0 Å². The van der Waals surface area contributed by atoms with Crippen LogP contribution in [0.3, 0.4) is 0 Å². The van der Waals surface area contributed by atoms with Gasteiger partial charge in [-0.25, -0.2) is 0 Å². The zero-order valence-electron chi connectivity index (χ0n) is 8.25. The summed E-state index contributed by atoms with van der Waals surface area (Å²) in [7, 11) is 0. The molecule has 15 heavy (non-hydrogen) atoms. The van der Waals surface area contributed by atoms with Gasteiger partial charge in [-0.1, -0.05) is 24.3 Å². The van der Waals surface area contributed by atoms with E-state index in [-0.39, 0.29) is 0 Å². The standard InChI is InChI=1S/C13H9IS/c1-8-5-6-9-10-3-2-4-11(14)13(10)15-12(9)7-8/h2-7H,1H3. The highest BCUT2D eigenvalue weighted by Gasteiger charge is 2.06. The number of benzene rings is 2. The number of thiophene rings is 1. The average molecular weight is 324 g/mol. The maximum atomic E-state index is 2.41. The van der Waals surface area contributed by atoms with Gasteiger partial charge in [0.2, 0.25) is 0 Å². The molecule has 0 aliphatic rings. The summed E-state index contributed by atoms with van der Waals surface area (Å²) in [5.74, 6) is 0. The molecular weight excluding hydrogens is 315 g/mol. The first-order chi connectivity index (χ1) is 7.25. The summed E-state index contributed by atoms with van der Waals surface area (Å²) in [5, 5.41) is 2.78. The predicted molar refractivity (Wildman–Crippen MR) is 76.8 cm³/mol. The smallest absolute Gasteiger partial charge is 0.0488 e. The van der Waals surface area contributed by atoms with Gasteiger partial charge in [0.1, 0.15) is 0 Å². The third-order valence-corrected chi connectivity index (χ3v) is 5.07. The Morgan fingerprint density at radius 1 is 1.07 bits per heavy atom. The zero-order chi connectivity index (χ0) is 10.4. The van der Waals surface area contributed by atoms with E-state index in [1.54, 1.807) is 0 Å². The third-order valence-electron chi connectivity index (χ3n) is 2.61. The van der Waals surface area contributed by atoms with Gasteiger partial charge >= 0.3 is 0 Å². The van der Waals surface area contributed by atoms with E-state index < -0.39 is 0 Å². The molecule has 0 saturated carbocycles. The van der Waals surface area contributed by atoms with E-state index >= 15 is 0 Å². The van der Waals surface area contributed by atoms with Crippen LogP contribution in [0.2, 0.25) is 0 Å². The van der Waals surface area contributed by atoms with Crippen LogP contribution in [-0.4, -0.2) is 0 Å².